The molecule has 1 saturated carbocycles. The van der Waals surface area contributed by atoms with E-state index in [1.54, 1.807) is 0 Å². The molecule has 4 nitrogen and oxygen atoms in total. The van der Waals surface area contributed by atoms with Crippen LogP contribution in [-0.4, -0.2) is 21.7 Å². The predicted molar refractivity (Wildman–Crippen MR) is 73.9 cm³/mol. The summed E-state index contributed by atoms with van der Waals surface area (Å²) in [5, 5.41) is 13.6. The minimum absolute atomic E-state index is 0.312. The van der Waals surface area contributed by atoms with E-state index in [0.717, 1.165) is 18.4 Å². The Morgan fingerprint density at radius 1 is 1.47 bits per heavy atom. The Hall–Kier alpha value is -1.81. The number of fused-ring (bicyclic) bond motifs is 1. The monoisotopic (exact) mass is 258 g/mol. The van der Waals surface area contributed by atoms with Crippen molar-refractivity contribution in [3.05, 3.63) is 36.0 Å². The largest absolute Gasteiger partial charge is 0.480 e. The van der Waals surface area contributed by atoms with Crippen molar-refractivity contribution in [1.82, 2.24) is 9.88 Å². The number of aliphatic carboxylic acids is 1. The zero-order valence-corrected chi connectivity index (χ0v) is 11.0. The molecule has 0 saturated heterocycles. The molecule has 4 heteroatoms. The Morgan fingerprint density at radius 2 is 2.21 bits per heavy atom. The van der Waals surface area contributed by atoms with Crippen molar-refractivity contribution in [2.24, 2.45) is 13.0 Å². The van der Waals surface area contributed by atoms with Crippen LogP contribution in [0.3, 0.4) is 0 Å². The standard InChI is InChI=1S/C15H18N2O2/c1-17-9-11(12-4-2-3-5-13(12)17)8-16-14(15(18)19)10-6-7-10/h2-5,9-10,14,16H,6-8H2,1H3,(H,18,19). The third-order valence-electron chi connectivity index (χ3n) is 3.85. The lowest BCUT2D eigenvalue weighted by Gasteiger charge is -2.12. The van der Waals surface area contributed by atoms with Gasteiger partial charge in [-0.15, -0.1) is 0 Å². The number of aryl methyl sites for hydroxylation is 1. The van der Waals surface area contributed by atoms with Gasteiger partial charge in [-0.2, -0.15) is 0 Å². The topological polar surface area (TPSA) is 54.3 Å². The van der Waals surface area contributed by atoms with Crippen molar-refractivity contribution in [1.29, 1.82) is 0 Å². The van der Waals surface area contributed by atoms with Gasteiger partial charge in [0, 0.05) is 30.7 Å². The fraction of sp³-hybridized carbons (Fsp3) is 0.400. The van der Waals surface area contributed by atoms with Crippen molar-refractivity contribution >= 4 is 16.9 Å². The number of carboxylic acid groups (broad SMARTS) is 1. The number of hydrogen-bond acceptors (Lipinski definition) is 2. The second kappa shape index (κ2) is 4.70. The van der Waals surface area contributed by atoms with E-state index in [1.165, 1.54) is 10.9 Å². The maximum atomic E-state index is 11.2. The molecule has 1 heterocycles. The van der Waals surface area contributed by atoms with Gasteiger partial charge in [-0.3, -0.25) is 10.1 Å². The minimum atomic E-state index is -0.734. The normalized spacial score (nSPS) is 16.7. The van der Waals surface area contributed by atoms with Gasteiger partial charge in [0.25, 0.3) is 0 Å². The van der Waals surface area contributed by atoms with Crippen molar-refractivity contribution in [2.75, 3.05) is 0 Å². The van der Waals surface area contributed by atoms with Crippen LogP contribution in [0, 0.1) is 5.92 Å². The zero-order valence-electron chi connectivity index (χ0n) is 11.0. The molecule has 1 unspecified atom stereocenters. The van der Waals surface area contributed by atoms with Gasteiger partial charge >= 0.3 is 5.97 Å². The molecule has 1 fully saturated rings. The smallest absolute Gasteiger partial charge is 0.320 e. The average molecular weight is 258 g/mol. The lowest BCUT2D eigenvalue weighted by atomic mass is 10.1. The molecule has 1 aromatic heterocycles. The molecular formula is C15H18N2O2. The number of carboxylic acids is 1. The van der Waals surface area contributed by atoms with Crippen LogP contribution in [0.1, 0.15) is 18.4 Å². The molecule has 0 amide bonds. The van der Waals surface area contributed by atoms with Crippen LogP contribution < -0.4 is 5.32 Å². The second-order valence-electron chi connectivity index (χ2n) is 5.32. The molecule has 100 valence electrons. The molecule has 2 N–H and O–H groups in total. The van der Waals surface area contributed by atoms with Crippen LogP contribution >= 0.6 is 0 Å². The van der Waals surface area contributed by atoms with E-state index in [9.17, 15) is 9.90 Å². The number of nitrogens with zero attached hydrogens (tertiary/aromatic N) is 1. The maximum absolute atomic E-state index is 11.2. The molecule has 1 aliphatic carbocycles. The van der Waals surface area contributed by atoms with Crippen molar-refractivity contribution in [2.45, 2.75) is 25.4 Å². The van der Waals surface area contributed by atoms with E-state index in [2.05, 4.69) is 28.2 Å². The summed E-state index contributed by atoms with van der Waals surface area (Å²) in [7, 11) is 2.02. The molecule has 0 radical (unpaired) electrons. The van der Waals surface area contributed by atoms with Crippen molar-refractivity contribution in [3.63, 3.8) is 0 Å². The fourth-order valence-corrected chi connectivity index (χ4v) is 2.67. The van der Waals surface area contributed by atoms with Crippen molar-refractivity contribution < 1.29 is 9.90 Å². The Kier molecular flexibility index (Phi) is 3.03. The third-order valence-corrected chi connectivity index (χ3v) is 3.85. The molecular weight excluding hydrogens is 240 g/mol. The lowest BCUT2D eigenvalue weighted by Crippen LogP contribution is -2.37. The minimum Gasteiger partial charge on any atom is -0.480 e. The SMILES string of the molecule is Cn1cc(CNC(C(=O)O)C2CC2)c2ccccc21. The number of aromatic nitrogens is 1. The van der Waals surface area contributed by atoms with Crippen LogP contribution in [0.25, 0.3) is 10.9 Å². The highest BCUT2D eigenvalue weighted by Crippen LogP contribution is 2.33. The van der Waals surface area contributed by atoms with E-state index < -0.39 is 12.0 Å². The highest BCUT2D eigenvalue weighted by atomic mass is 16.4. The molecule has 2 aromatic rings. The predicted octanol–water partition coefficient (Wildman–Crippen LogP) is 2.13. The first-order chi connectivity index (χ1) is 9.16. The number of para-hydroxylation sites is 1. The number of nitrogens with one attached hydrogen (secondary N) is 1. The van der Waals surface area contributed by atoms with Crippen LogP contribution in [0.15, 0.2) is 30.5 Å². The van der Waals surface area contributed by atoms with Crippen LogP contribution in [-0.2, 0) is 18.4 Å². The summed E-state index contributed by atoms with van der Waals surface area (Å²) in [4.78, 5) is 11.2. The van der Waals surface area contributed by atoms with Gasteiger partial charge in [-0.1, -0.05) is 18.2 Å². The zero-order chi connectivity index (χ0) is 13.4. The van der Waals surface area contributed by atoms with E-state index in [-0.39, 0.29) is 0 Å². The van der Waals surface area contributed by atoms with Gasteiger partial charge in [0.2, 0.25) is 0 Å². The average Bonchev–Trinajstić information content (AvgIpc) is 3.17. The van der Waals surface area contributed by atoms with Crippen molar-refractivity contribution in [3.8, 4) is 0 Å². The molecule has 0 bridgehead atoms. The highest BCUT2D eigenvalue weighted by molar-refractivity contribution is 5.84. The van der Waals surface area contributed by atoms with Gasteiger partial charge in [0.1, 0.15) is 6.04 Å². The van der Waals surface area contributed by atoms with Crippen LogP contribution in [0.2, 0.25) is 0 Å². The highest BCUT2D eigenvalue weighted by Gasteiger charge is 2.35. The summed E-state index contributed by atoms with van der Waals surface area (Å²) < 4.78 is 2.08. The lowest BCUT2D eigenvalue weighted by molar-refractivity contribution is -0.140. The Labute approximate surface area is 112 Å². The van der Waals surface area contributed by atoms with Gasteiger partial charge < -0.3 is 9.67 Å². The van der Waals surface area contributed by atoms with E-state index in [0.29, 0.717) is 12.5 Å². The number of carbonyl (C=O) groups is 1. The van der Waals surface area contributed by atoms with Gasteiger partial charge in [0.15, 0.2) is 0 Å². The van der Waals surface area contributed by atoms with Gasteiger partial charge in [-0.25, -0.2) is 0 Å². The van der Waals surface area contributed by atoms with Gasteiger partial charge in [-0.05, 0) is 30.4 Å². The summed E-state index contributed by atoms with van der Waals surface area (Å²) >= 11 is 0. The molecule has 3 rings (SSSR count). The summed E-state index contributed by atoms with van der Waals surface area (Å²) in [5.74, 6) is -0.421. The Morgan fingerprint density at radius 3 is 2.89 bits per heavy atom. The maximum Gasteiger partial charge on any atom is 0.320 e. The molecule has 19 heavy (non-hydrogen) atoms. The number of hydrogen-bond donors (Lipinski definition) is 2. The van der Waals surface area contributed by atoms with E-state index in [1.807, 2.05) is 19.2 Å². The third kappa shape index (κ3) is 2.36. The second-order valence-corrected chi connectivity index (χ2v) is 5.32. The first kappa shape index (κ1) is 12.2. The van der Waals surface area contributed by atoms with Crippen LogP contribution in [0.4, 0.5) is 0 Å². The Balaban J connectivity index is 1.79. The van der Waals surface area contributed by atoms with Gasteiger partial charge in [0.05, 0.1) is 0 Å². The molecule has 1 aromatic carbocycles. The first-order valence-corrected chi connectivity index (χ1v) is 6.66. The summed E-state index contributed by atoms with van der Waals surface area (Å²) in [5.41, 5.74) is 2.34. The Bertz CT molecular complexity index is 614. The quantitative estimate of drug-likeness (QED) is 0.864. The molecule has 0 aliphatic heterocycles. The molecule has 1 atom stereocenters. The molecule has 0 spiro atoms. The number of benzene rings is 1. The fourth-order valence-electron chi connectivity index (χ4n) is 2.67. The summed E-state index contributed by atoms with van der Waals surface area (Å²) in [6.07, 6.45) is 4.13. The molecule has 1 aliphatic rings. The number of rotatable bonds is 5. The van der Waals surface area contributed by atoms with Crippen LogP contribution in [0.5, 0.6) is 0 Å². The van der Waals surface area contributed by atoms with E-state index >= 15 is 0 Å². The summed E-state index contributed by atoms with van der Waals surface area (Å²) in [6, 6.07) is 7.79. The first-order valence-electron chi connectivity index (χ1n) is 6.66. The van der Waals surface area contributed by atoms with E-state index in [4.69, 9.17) is 0 Å². The summed E-state index contributed by atoms with van der Waals surface area (Å²) in [6.45, 7) is 0.606.